The Labute approximate surface area is 117 Å². The highest BCUT2D eigenvalue weighted by Crippen LogP contribution is 2.19. The van der Waals surface area contributed by atoms with Gasteiger partial charge in [-0.1, -0.05) is 18.9 Å². The highest BCUT2D eigenvalue weighted by atomic mass is 32.2. The summed E-state index contributed by atoms with van der Waals surface area (Å²) in [5.74, 6) is 0.461. The fourth-order valence-corrected chi connectivity index (χ4v) is 2.24. The van der Waals surface area contributed by atoms with Crippen molar-refractivity contribution in [1.82, 2.24) is 0 Å². The fraction of sp³-hybridized carbons (Fsp3) is 0.500. The van der Waals surface area contributed by atoms with E-state index in [-0.39, 0.29) is 11.4 Å². The van der Waals surface area contributed by atoms with Crippen LogP contribution in [0, 0.1) is 10.1 Å². The summed E-state index contributed by atoms with van der Waals surface area (Å²) >= 11 is 0. The van der Waals surface area contributed by atoms with Crippen LogP contribution in [0.5, 0.6) is 5.75 Å². The van der Waals surface area contributed by atoms with E-state index in [9.17, 15) is 18.5 Å². The van der Waals surface area contributed by atoms with E-state index >= 15 is 0 Å². The Morgan fingerprint density at radius 1 is 1.20 bits per heavy atom. The van der Waals surface area contributed by atoms with E-state index in [4.69, 9.17) is 9.88 Å². The molecule has 0 aliphatic heterocycles. The molecule has 0 spiro atoms. The molecule has 20 heavy (non-hydrogen) atoms. The maximum atomic E-state index is 10.7. The number of nitro benzene ring substituents is 1. The van der Waals surface area contributed by atoms with Crippen molar-refractivity contribution >= 4 is 15.7 Å². The van der Waals surface area contributed by atoms with Crippen LogP contribution in [0.1, 0.15) is 25.7 Å². The molecule has 0 aliphatic rings. The maximum Gasteiger partial charge on any atom is 0.273 e. The van der Waals surface area contributed by atoms with E-state index in [2.05, 4.69) is 0 Å². The zero-order chi connectivity index (χ0) is 15.0. The van der Waals surface area contributed by atoms with Crippen molar-refractivity contribution in [3.05, 3.63) is 34.4 Å². The van der Waals surface area contributed by atoms with E-state index in [1.165, 1.54) is 12.1 Å². The first-order chi connectivity index (χ1) is 9.38. The van der Waals surface area contributed by atoms with Crippen LogP contribution in [-0.4, -0.2) is 25.7 Å². The van der Waals surface area contributed by atoms with Crippen molar-refractivity contribution in [2.45, 2.75) is 25.7 Å². The van der Waals surface area contributed by atoms with E-state index in [1.54, 1.807) is 12.1 Å². The number of non-ortho nitro benzene ring substituents is 1. The second kappa shape index (κ2) is 7.81. The molecular weight excluding hydrogens is 284 g/mol. The molecule has 0 unspecified atom stereocenters. The average molecular weight is 302 g/mol. The summed E-state index contributed by atoms with van der Waals surface area (Å²) in [4.78, 5) is 10.1. The summed E-state index contributed by atoms with van der Waals surface area (Å²) in [6.45, 7) is 0.441. The summed E-state index contributed by atoms with van der Waals surface area (Å²) in [7, 11) is -3.37. The third-order valence-corrected chi connectivity index (χ3v) is 3.48. The molecule has 8 heteroatoms. The molecule has 0 bridgehead atoms. The molecule has 0 atom stereocenters. The number of nitro groups is 1. The van der Waals surface area contributed by atoms with Gasteiger partial charge in [0.2, 0.25) is 10.0 Å². The Bertz CT molecular complexity index is 545. The molecule has 7 nitrogen and oxygen atoms in total. The number of hydrogen-bond donors (Lipinski definition) is 1. The Morgan fingerprint density at radius 3 is 2.55 bits per heavy atom. The first-order valence-electron chi connectivity index (χ1n) is 6.26. The highest BCUT2D eigenvalue weighted by molar-refractivity contribution is 7.89. The Hall–Kier alpha value is -1.67. The lowest BCUT2D eigenvalue weighted by Gasteiger charge is -2.05. The molecule has 0 saturated carbocycles. The van der Waals surface area contributed by atoms with Crippen molar-refractivity contribution in [2.24, 2.45) is 5.14 Å². The maximum absolute atomic E-state index is 10.7. The minimum atomic E-state index is -3.37. The second-order valence-corrected chi connectivity index (χ2v) is 6.12. The third-order valence-electron chi connectivity index (χ3n) is 2.62. The molecular formula is C12H18N2O5S. The van der Waals surface area contributed by atoms with Crippen LogP contribution in [-0.2, 0) is 10.0 Å². The van der Waals surface area contributed by atoms with Gasteiger partial charge in [-0.2, -0.15) is 0 Å². The Kier molecular flexibility index (Phi) is 6.40. The van der Waals surface area contributed by atoms with Gasteiger partial charge >= 0.3 is 0 Å². The Balaban J connectivity index is 2.18. The van der Waals surface area contributed by atoms with Crippen LogP contribution < -0.4 is 9.88 Å². The molecule has 1 aromatic carbocycles. The summed E-state index contributed by atoms with van der Waals surface area (Å²) in [5, 5.41) is 15.5. The quantitative estimate of drug-likeness (QED) is 0.424. The van der Waals surface area contributed by atoms with Gasteiger partial charge in [0.15, 0.2) is 0 Å². The molecule has 0 aromatic heterocycles. The summed E-state index contributed by atoms with van der Waals surface area (Å²) in [6, 6.07) is 6.01. The van der Waals surface area contributed by atoms with E-state index in [0.29, 0.717) is 18.8 Å². The molecule has 1 rings (SSSR count). The summed E-state index contributed by atoms with van der Waals surface area (Å²) < 4.78 is 26.8. The van der Waals surface area contributed by atoms with Crippen molar-refractivity contribution in [3.63, 3.8) is 0 Å². The number of nitrogens with two attached hydrogens (primary N) is 1. The minimum Gasteiger partial charge on any atom is -0.493 e. The van der Waals surface area contributed by atoms with Crippen molar-refractivity contribution in [3.8, 4) is 5.75 Å². The number of hydrogen-bond acceptors (Lipinski definition) is 5. The van der Waals surface area contributed by atoms with Gasteiger partial charge in [-0.3, -0.25) is 10.1 Å². The molecule has 0 saturated heterocycles. The van der Waals surface area contributed by atoms with E-state index in [0.717, 1.165) is 19.3 Å². The largest absolute Gasteiger partial charge is 0.493 e. The van der Waals surface area contributed by atoms with E-state index in [1.807, 2.05) is 0 Å². The smallest absolute Gasteiger partial charge is 0.273 e. The predicted octanol–water partition coefficient (Wildman–Crippen LogP) is 1.82. The van der Waals surface area contributed by atoms with Gasteiger partial charge in [-0.25, -0.2) is 13.6 Å². The fourth-order valence-electron chi connectivity index (χ4n) is 1.64. The van der Waals surface area contributed by atoms with Crippen LogP contribution >= 0.6 is 0 Å². The minimum absolute atomic E-state index is 0.00125. The zero-order valence-corrected chi connectivity index (χ0v) is 11.8. The van der Waals surface area contributed by atoms with Crippen molar-refractivity contribution in [1.29, 1.82) is 0 Å². The molecule has 0 heterocycles. The van der Waals surface area contributed by atoms with Crippen LogP contribution in [0.25, 0.3) is 0 Å². The normalized spacial score (nSPS) is 11.2. The summed E-state index contributed by atoms with van der Waals surface area (Å²) in [5.41, 5.74) is -0.00403. The van der Waals surface area contributed by atoms with E-state index < -0.39 is 14.9 Å². The van der Waals surface area contributed by atoms with Crippen LogP contribution in [0.4, 0.5) is 5.69 Å². The van der Waals surface area contributed by atoms with Crippen LogP contribution in [0.15, 0.2) is 24.3 Å². The second-order valence-electron chi connectivity index (χ2n) is 4.38. The molecule has 1 aromatic rings. The van der Waals surface area contributed by atoms with Crippen molar-refractivity contribution < 1.29 is 18.1 Å². The molecule has 0 aliphatic carbocycles. The van der Waals surface area contributed by atoms with Gasteiger partial charge in [0, 0.05) is 6.07 Å². The summed E-state index contributed by atoms with van der Waals surface area (Å²) in [6.07, 6.45) is 2.88. The Morgan fingerprint density at radius 2 is 1.90 bits per heavy atom. The molecule has 0 amide bonds. The lowest BCUT2D eigenvalue weighted by atomic mass is 10.2. The standard InChI is InChI=1S/C12H18N2O5S/c13-20(17,18)9-4-2-1-3-8-19-12-7-5-6-11(10-12)14(15)16/h5-7,10H,1-4,8-9H2,(H2,13,17,18). The number of ether oxygens (including phenoxy) is 1. The third kappa shape index (κ3) is 7.05. The SMILES string of the molecule is NS(=O)(=O)CCCCCCOc1cccc([N+](=O)[O-])c1. The number of sulfonamides is 1. The van der Waals surface area contributed by atoms with Crippen molar-refractivity contribution in [2.75, 3.05) is 12.4 Å². The van der Waals surface area contributed by atoms with Gasteiger partial charge < -0.3 is 4.74 Å². The van der Waals surface area contributed by atoms with Crippen LogP contribution in [0.3, 0.4) is 0 Å². The van der Waals surface area contributed by atoms with Gasteiger partial charge in [-0.15, -0.1) is 0 Å². The lowest BCUT2D eigenvalue weighted by molar-refractivity contribution is -0.384. The number of unbranched alkanes of at least 4 members (excludes halogenated alkanes) is 3. The first kappa shape index (κ1) is 16.4. The van der Waals surface area contributed by atoms with Gasteiger partial charge in [0.05, 0.1) is 23.3 Å². The van der Waals surface area contributed by atoms with Gasteiger partial charge in [0.25, 0.3) is 5.69 Å². The zero-order valence-electron chi connectivity index (χ0n) is 11.0. The number of nitrogens with zero attached hydrogens (tertiary/aromatic N) is 1. The van der Waals surface area contributed by atoms with Gasteiger partial charge in [-0.05, 0) is 18.9 Å². The number of rotatable bonds is 9. The van der Waals surface area contributed by atoms with Crippen LogP contribution in [0.2, 0.25) is 0 Å². The molecule has 0 fully saturated rings. The molecule has 112 valence electrons. The predicted molar refractivity (Wildman–Crippen MR) is 75.0 cm³/mol. The topological polar surface area (TPSA) is 113 Å². The number of primary sulfonamides is 1. The monoisotopic (exact) mass is 302 g/mol. The molecule has 0 radical (unpaired) electrons. The highest BCUT2D eigenvalue weighted by Gasteiger charge is 2.06. The average Bonchev–Trinajstić information content (AvgIpc) is 2.36. The van der Waals surface area contributed by atoms with Gasteiger partial charge in [0.1, 0.15) is 5.75 Å². The molecule has 2 N–H and O–H groups in total. The lowest BCUT2D eigenvalue weighted by Crippen LogP contribution is -2.16. The number of benzene rings is 1. The first-order valence-corrected chi connectivity index (χ1v) is 7.98.